The molecule has 3 heterocycles. The lowest BCUT2D eigenvalue weighted by molar-refractivity contribution is -0.114. The molecule has 1 atom stereocenters. The Kier molecular flexibility index (Phi) is 4.07. The van der Waals surface area contributed by atoms with Crippen LogP contribution in [0.5, 0.6) is 0 Å². The average Bonchev–Trinajstić information content (AvgIpc) is 3.12. The van der Waals surface area contributed by atoms with Gasteiger partial charge in [0.25, 0.3) is 0 Å². The van der Waals surface area contributed by atoms with Crippen LogP contribution in [-0.4, -0.2) is 33.7 Å². The van der Waals surface area contributed by atoms with E-state index in [-0.39, 0.29) is 5.91 Å². The van der Waals surface area contributed by atoms with Crippen molar-refractivity contribution < 1.29 is 4.79 Å². The van der Waals surface area contributed by atoms with Gasteiger partial charge in [0.15, 0.2) is 5.82 Å². The highest BCUT2D eigenvalue weighted by Gasteiger charge is 2.25. The van der Waals surface area contributed by atoms with Crippen molar-refractivity contribution in [3.8, 4) is 0 Å². The molecular formula is C15H20N4OS. The van der Waals surface area contributed by atoms with Gasteiger partial charge in [0.2, 0.25) is 5.91 Å². The lowest BCUT2D eigenvalue weighted by Gasteiger charge is -2.15. The van der Waals surface area contributed by atoms with Gasteiger partial charge in [-0.1, -0.05) is 0 Å². The van der Waals surface area contributed by atoms with Crippen LogP contribution >= 0.6 is 11.3 Å². The van der Waals surface area contributed by atoms with Crippen molar-refractivity contribution in [2.24, 2.45) is 0 Å². The summed E-state index contributed by atoms with van der Waals surface area (Å²) in [6.45, 7) is 6.81. The highest BCUT2D eigenvalue weighted by Crippen LogP contribution is 2.25. The van der Waals surface area contributed by atoms with E-state index in [9.17, 15) is 4.79 Å². The predicted molar refractivity (Wildman–Crippen MR) is 84.5 cm³/mol. The molecule has 21 heavy (non-hydrogen) atoms. The summed E-state index contributed by atoms with van der Waals surface area (Å²) in [5.41, 5.74) is 1.38. The Hall–Kier alpha value is -1.66. The van der Waals surface area contributed by atoms with Gasteiger partial charge in [0.1, 0.15) is 0 Å². The topological polar surface area (TPSA) is 50.2 Å². The number of amides is 1. The summed E-state index contributed by atoms with van der Waals surface area (Å²) in [6, 6.07) is 4.43. The fraction of sp³-hybridized carbons (Fsp3) is 0.467. The van der Waals surface area contributed by atoms with Crippen LogP contribution in [0.4, 0.5) is 5.82 Å². The quantitative estimate of drug-likeness (QED) is 0.945. The Bertz CT molecular complexity index is 633. The third kappa shape index (κ3) is 3.33. The minimum absolute atomic E-state index is 0.0820. The Morgan fingerprint density at radius 3 is 3.10 bits per heavy atom. The van der Waals surface area contributed by atoms with Gasteiger partial charge in [-0.05, 0) is 30.4 Å². The van der Waals surface area contributed by atoms with E-state index < -0.39 is 0 Å². The molecule has 5 nitrogen and oxygen atoms in total. The van der Waals surface area contributed by atoms with E-state index in [0.29, 0.717) is 11.9 Å². The van der Waals surface area contributed by atoms with Crippen LogP contribution in [-0.2, 0) is 11.3 Å². The molecular weight excluding hydrogens is 284 g/mol. The number of aryl methyl sites for hydroxylation is 1. The van der Waals surface area contributed by atoms with Gasteiger partial charge in [-0.3, -0.25) is 14.4 Å². The fourth-order valence-corrected chi connectivity index (χ4v) is 3.68. The largest absolute Gasteiger partial charge is 0.309 e. The summed E-state index contributed by atoms with van der Waals surface area (Å²) in [5, 5.41) is 9.32. The zero-order chi connectivity index (χ0) is 14.8. The summed E-state index contributed by atoms with van der Waals surface area (Å²) in [5.74, 6) is 0.552. The fourth-order valence-electron chi connectivity index (χ4n) is 2.73. The Morgan fingerprint density at radius 1 is 1.52 bits per heavy atom. The number of thiophene rings is 1. The zero-order valence-electron chi connectivity index (χ0n) is 12.4. The van der Waals surface area contributed by atoms with Gasteiger partial charge in [-0.15, -0.1) is 11.3 Å². The van der Waals surface area contributed by atoms with Crippen molar-refractivity contribution in [3.05, 3.63) is 34.2 Å². The number of anilines is 1. The summed E-state index contributed by atoms with van der Waals surface area (Å²) < 4.78 is 1.98. The molecule has 0 aliphatic carbocycles. The molecule has 6 heteroatoms. The summed E-state index contributed by atoms with van der Waals surface area (Å²) >= 11 is 1.83. The summed E-state index contributed by atoms with van der Waals surface area (Å²) in [7, 11) is 0. The number of hydrogen-bond donors (Lipinski definition) is 1. The molecule has 1 aliphatic heterocycles. The number of rotatable bonds is 4. The molecule has 3 rings (SSSR count). The van der Waals surface area contributed by atoms with Crippen LogP contribution in [0.3, 0.4) is 0 Å². The maximum Gasteiger partial charge on any atom is 0.222 e. The highest BCUT2D eigenvalue weighted by atomic mass is 32.1. The van der Waals surface area contributed by atoms with Gasteiger partial charge in [0, 0.05) is 43.7 Å². The van der Waals surface area contributed by atoms with E-state index >= 15 is 0 Å². The zero-order valence-corrected chi connectivity index (χ0v) is 13.2. The number of nitrogens with one attached hydrogen (secondary N) is 1. The minimum atomic E-state index is -0.0820. The molecule has 1 N–H and O–H groups in total. The second kappa shape index (κ2) is 5.99. The molecule has 2 aromatic rings. The molecule has 0 bridgehead atoms. The lowest BCUT2D eigenvalue weighted by atomic mass is 10.3. The van der Waals surface area contributed by atoms with Crippen LogP contribution in [0.1, 0.15) is 29.8 Å². The van der Waals surface area contributed by atoms with Crippen molar-refractivity contribution in [3.63, 3.8) is 0 Å². The molecule has 0 radical (unpaired) electrons. The molecule has 1 amide bonds. The summed E-state index contributed by atoms with van der Waals surface area (Å²) in [4.78, 5) is 15.0. The first-order valence-electron chi connectivity index (χ1n) is 7.20. The average molecular weight is 304 g/mol. The third-order valence-corrected chi connectivity index (χ3v) is 4.88. The van der Waals surface area contributed by atoms with E-state index in [2.05, 4.69) is 33.7 Å². The maximum absolute atomic E-state index is 11.0. The van der Waals surface area contributed by atoms with Crippen LogP contribution in [0, 0.1) is 6.92 Å². The first-order chi connectivity index (χ1) is 10.1. The van der Waals surface area contributed by atoms with E-state index in [1.54, 1.807) is 0 Å². The second-order valence-corrected chi connectivity index (χ2v) is 6.57. The molecule has 2 aromatic heterocycles. The van der Waals surface area contributed by atoms with E-state index in [4.69, 9.17) is 0 Å². The molecule has 1 saturated heterocycles. The van der Waals surface area contributed by atoms with Crippen molar-refractivity contribution in [2.45, 2.75) is 32.9 Å². The van der Waals surface area contributed by atoms with Gasteiger partial charge in [-0.2, -0.15) is 5.10 Å². The van der Waals surface area contributed by atoms with Gasteiger partial charge in [0.05, 0.1) is 6.04 Å². The molecule has 0 spiro atoms. The number of hydrogen-bond acceptors (Lipinski definition) is 4. The number of carbonyl (C=O) groups is 1. The summed E-state index contributed by atoms with van der Waals surface area (Å²) in [6.07, 6.45) is 3.06. The van der Waals surface area contributed by atoms with Crippen molar-refractivity contribution in [1.29, 1.82) is 0 Å². The van der Waals surface area contributed by atoms with Crippen molar-refractivity contribution in [2.75, 3.05) is 18.4 Å². The first kappa shape index (κ1) is 14.3. The Morgan fingerprint density at radius 2 is 2.38 bits per heavy atom. The first-order valence-corrected chi connectivity index (χ1v) is 8.08. The molecule has 1 fully saturated rings. The predicted octanol–water partition coefficient (Wildman–Crippen LogP) is 2.66. The Balaban J connectivity index is 1.60. The monoisotopic (exact) mass is 304 g/mol. The molecule has 1 aliphatic rings. The van der Waals surface area contributed by atoms with E-state index in [1.165, 1.54) is 17.4 Å². The van der Waals surface area contributed by atoms with Crippen molar-refractivity contribution in [1.82, 2.24) is 14.7 Å². The van der Waals surface area contributed by atoms with Gasteiger partial charge < -0.3 is 5.32 Å². The van der Waals surface area contributed by atoms with E-state index in [1.807, 2.05) is 28.3 Å². The number of aromatic nitrogens is 2. The number of carbonyl (C=O) groups excluding carboxylic acids is 1. The Labute approximate surface area is 128 Å². The lowest BCUT2D eigenvalue weighted by Crippen LogP contribution is -2.21. The third-order valence-electron chi connectivity index (χ3n) is 3.87. The SMILES string of the molecule is CC(=O)Nc1ccn([C@H]2CCN(Cc3sccc3C)C2)n1. The minimum Gasteiger partial charge on any atom is -0.309 e. The number of likely N-dealkylation sites (tertiary alicyclic amines) is 1. The van der Waals surface area contributed by atoms with E-state index in [0.717, 1.165) is 26.1 Å². The van der Waals surface area contributed by atoms with Crippen LogP contribution in [0.15, 0.2) is 23.7 Å². The second-order valence-electron chi connectivity index (χ2n) is 5.57. The smallest absolute Gasteiger partial charge is 0.222 e. The molecule has 0 aromatic carbocycles. The molecule has 0 saturated carbocycles. The normalized spacial score (nSPS) is 19.0. The van der Waals surface area contributed by atoms with Crippen LogP contribution < -0.4 is 5.32 Å². The number of nitrogens with zero attached hydrogens (tertiary/aromatic N) is 3. The molecule has 0 unspecified atom stereocenters. The van der Waals surface area contributed by atoms with Gasteiger partial charge in [-0.25, -0.2) is 0 Å². The van der Waals surface area contributed by atoms with Crippen LogP contribution in [0.25, 0.3) is 0 Å². The molecule has 112 valence electrons. The standard InChI is InChI=1S/C15H20N4OS/c1-11-5-8-21-14(11)10-18-6-3-13(9-18)19-7-4-15(17-19)16-12(2)20/h4-5,7-8,13H,3,6,9-10H2,1-2H3,(H,16,17,20)/t13-/m0/s1. The maximum atomic E-state index is 11.0. The van der Waals surface area contributed by atoms with Crippen molar-refractivity contribution >= 4 is 23.1 Å². The highest BCUT2D eigenvalue weighted by molar-refractivity contribution is 7.10. The van der Waals surface area contributed by atoms with Crippen LogP contribution in [0.2, 0.25) is 0 Å². The van der Waals surface area contributed by atoms with Gasteiger partial charge >= 0.3 is 0 Å².